The van der Waals surface area contributed by atoms with Crippen molar-refractivity contribution in [3.8, 4) is 11.5 Å². The van der Waals surface area contributed by atoms with E-state index in [9.17, 15) is 0 Å². The highest BCUT2D eigenvalue weighted by Gasteiger charge is 2.04. The lowest BCUT2D eigenvalue weighted by Gasteiger charge is -2.10. The molecule has 86 valence electrons. The molecule has 16 heavy (non-hydrogen) atoms. The number of hydrogen-bond acceptors (Lipinski definition) is 2. The molecule has 0 amide bonds. The van der Waals surface area contributed by atoms with E-state index in [4.69, 9.17) is 21.1 Å². The maximum absolute atomic E-state index is 5.84. The highest BCUT2D eigenvalue weighted by atomic mass is 35.5. The van der Waals surface area contributed by atoms with Gasteiger partial charge in [0.1, 0.15) is 24.7 Å². The predicted molar refractivity (Wildman–Crippen MR) is 67.4 cm³/mol. The average molecular weight is 239 g/mol. The van der Waals surface area contributed by atoms with E-state index in [1.165, 1.54) is 0 Å². The lowest BCUT2D eigenvalue weighted by Crippen LogP contribution is -1.98. The number of halogens is 1. The van der Waals surface area contributed by atoms with Crippen molar-refractivity contribution in [1.29, 1.82) is 0 Å². The van der Waals surface area contributed by atoms with E-state index in [1.807, 2.05) is 18.2 Å². The fraction of sp³-hybridized carbons (Fsp3) is 0.231. The van der Waals surface area contributed by atoms with Gasteiger partial charge in [0.25, 0.3) is 0 Å². The Bertz CT molecular complexity index is 361. The van der Waals surface area contributed by atoms with Crippen LogP contribution in [0.3, 0.4) is 0 Å². The molecule has 3 heteroatoms. The average Bonchev–Trinajstić information content (AvgIpc) is 2.34. The summed E-state index contributed by atoms with van der Waals surface area (Å²) >= 11 is 5.84. The lowest BCUT2D eigenvalue weighted by molar-refractivity contribution is 0.350. The highest BCUT2D eigenvalue weighted by molar-refractivity contribution is 6.17. The van der Waals surface area contributed by atoms with Gasteiger partial charge in [-0.05, 0) is 18.2 Å². The van der Waals surface area contributed by atoms with E-state index in [0.717, 1.165) is 17.1 Å². The molecule has 2 nitrogen and oxygen atoms in total. The minimum atomic E-state index is 0.387. The molecule has 0 unspecified atom stereocenters. The first-order chi connectivity index (χ1) is 7.81. The van der Waals surface area contributed by atoms with Crippen LogP contribution in [0.2, 0.25) is 0 Å². The first-order valence-corrected chi connectivity index (χ1v) is 5.51. The molecule has 0 aliphatic rings. The van der Waals surface area contributed by atoms with Gasteiger partial charge in [0.05, 0.1) is 5.88 Å². The fourth-order valence-electron chi connectivity index (χ4n) is 1.19. The lowest BCUT2D eigenvalue weighted by atomic mass is 10.2. The summed E-state index contributed by atoms with van der Waals surface area (Å²) in [5.41, 5.74) is 0.907. The van der Waals surface area contributed by atoms with Gasteiger partial charge in [0.15, 0.2) is 0 Å². The maximum Gasteiger partial charge on any atom is 0.124 e. The topological polar surface area (TPSA) is 18.5 Å². The number of alkyl halides is 1. The second-order valence-corrected chi connectivity index (χ2v) is 3.37. The number of rotatable bonds is 7. The highest BCUT2D eigenvalue weighted by Crippen LogP contribution is 2.25. The Morgan fingerprint density at radius 2 is 1.81 bits per heavy atom. The number of ether oxygens (including phenoxy) is 2. The zero-order valence-corrected chi connectivity index (χ0v) is 9.87. The van der Waals surface area contributed by atoms with Crippen molar-refractivity contribution < 1.29 is 9.47 Å². The van der Waals surface area contributed by atoms with Gasteiger partial charge in [-0.15, -0.1) is 11.6 Å². The van der Waals surface area contributed by atoms with Gasteiger partial charge in [-0.3, -0.25) is 0 Å². The van der Waals surface area contributed by atoms with Crippen LogP contribution in [0.25, 0.3) is 0 Å². The molecule has 0 spiro atoms. The second kappa shape index (κ2) is 6.96. The van der Waals surface area contributed by atoms with Crippen molar-refractivity contribution >= 4 is 11.6 Å². The van der Waals surface area contributed by atoms with Crippen LogP contribution in [0.4, 0.5) is 0 Å². The normalized spacial score (nSPS) is 9.56. The molecule has 1 aromatic rings. The Balaban J connectivity index is 2.78. The maximum atomic E-state index is 5.84. The van der Waals surface area contributed by atoms with Crippen LogP contribution in [-0.4, -0.2) is 13.2 Å². The quantitative estimate of drug-likeness (QED) is 0.534. The molecule has 0 saturated heterocycles. The van der Waals surface area contributed by atoms with Crippen LogP contribution in [0.5, 0.6) is 11.5 Å². The third-order valence-electron chi connectivity index (χ3n) is 1.90. The first-order valence-electron chi connectivity index (χ1n) is 4.98. The third kappa shape index (κ3) is 3.63. The van der Waals surface area contributed by atoms with Crippen molar-refractivity contribution in [2.45, 2.75) is 5.88 Å². The minimum Gasteiger partial charge on any atom is -0.490 e. The molecule has 0 aromatic heterocycles. The Morgan fingerprint density at radius 3 is 2.44 bits per heavy atom. The molecule has 1 aromatic carbocycles. The van der Waals surface area contributed by atoms with Gasteiger partial charge in [-0.2, -0.15) is 0 Å². The zero-order chi connectivity index (χ0) is 11.8. The molecule has 0 radical (unpaired) electrons. The molecule has 0 atom stereocenters. The molecule has 0 saturated carbocycles. The van der Waals surface area contributed by atoms with Crippen molar-refractivity contribution in [3.05, 3.63) is 49.1 Å². The Hall–Kier alpha value is -1.41. The van der Waals surface area contributed by atoms with Gasteiger partial charge < -0.3 is 9.47 Å². The molecule has 0 N–H and O–H groups in total. The Labute approximate surface area is 101 Å². The van der Waals surface area contributed by atoms with Crippen molar-refractivity contribution in [3.63, 3.8) is 0 Å². The zero-order valence-electron chi connectivity index (χ0n) is 9.12. The Kier molecular flexibility index (Phi) is 5.51. The largest absolute Gasteiger partial charge is 0.490 e. The molecular formula is C13H15ClO2. The first kappa shape index (κ1) is 12.7. The Morgan fingerprint density at radius 1 is 1.12 bits per heavy atom. The molecule has 0 bridgehead atoms. The summed E-state index contributed by atoms with van der Waals surface area (Å²) in [5, 5.41) is 0. The van der Waals surface area contributed by atoms with E-state index >= 15 is 0 Å². The second-order valence-electron chi connectivity index (χ2n) is 3.10. The van der Waals surface area contributed by atoms with Crippen molar-refractivity contribution in [1.82, 2.24) is 0 Å². The third-order valence-corrected chi connectivity index (χ3v) is 2.19. The molecular weight excluding hydrogens is 224 g/mol. The molecule has 0 fully saturated rings. The van der Waals surface area contributed by atoms with Crippen LogP contribution >= 0.6 is 11.6 Å². The standard InChI is InChI=1S/C13H15ClO2/c1-3-7-15-12-5-6-13(16-8-4-2)11(9-12)10-14/h3-6,9H,1-2,7-8,10H2. The summed E-state index contributed by atoms with van der Waals surface area (Å²) in [4.78, 5) is 0. The summed E-state index contributed by atoms with van der Waals surface area (Å²) in [7, 11) is 0. The van der Waals surface area contributed by atoms with E-state index in [0.29, 0.717) is 19.1 Å². The van der Waals surface area contributed by atoms with Crippen LogP contribution < -0.4 is 9.47 Å². The van der Waals surface area contributed by atoms with E-state index in [-0.39, 0.29) is 0 Å². The van der Waals surface area contributed by atoms with E-state index in [2.05, 4.69) is 13.2 Å². The SMILES string of the molecule is C=CCOc1ccc(OCC=C)c(CCl)c1. The number of benzene rings is 1. The van der Waals surface area contributed by atoms with Crippen molar-refractivity contribution in [2.24, 2.45) is 0 Å². The summed E-state index contributed by atoms with van der Waals surface area (Å²) in [6.07, 6.45) is 3.39. The fourth-order valence-corrected chi connectivity index (χ4v) is 1.40. The van der Waals surface area contributed by atoms with Crippen LogP contribution in [0, 0.1) is 0 Å². The van der Waals surface area contributed by atoms with Crippen LogP contribution in [0.1, 0.15) is 5.56 Å². The van der Waals surface area contributed by atoms with Crippen molar-refractivity contribution in [2.75, 3.05) is 13.2 Å². The van der Waals surface area contributed by atoms with E-state index < -0.39 is 0 Å². The number of hydrogen-bond donors (Lipinski definition) is 0. The minimum absolute atomic E-state index is 0.387. The van der Waals surface area contributed by atoms with E-state index in [1.54, 1.807) is 12.2 Å². The summed E-state index contributed by atoms with van der Waals surface area (Å²) in [6.45, 7) is 8.13. The van der Waals surface area contributed by atoms with Gasteiger partial charge in [0.2, 0.25) is 0 Å². The van der Waals surface area contributed by atoms with Gasteiger partial charge >= 0.3 is 0 Å². The summed E-state index contributed by atoms with van der Waals surface area (Å²) < 4.78 is 10.9. The summed E-state index contributed by atoms with van der Waals surface area (Å²) in [6, 6.07) is 5.56. The van der Waals surface area contributed by atoms with Gasteiger partial charge in [-0.25, -0.2) is 0 Å². The monoisotopic (exact) mass is 238 g/mol. The summed E-state index contributed by atoms with van der Waals surface area (Å²) in [5.74, 6) is 1.92. The molecule has 0 aliphatic heterocycles. The smallest absolute Gasteiger partial charge is 0.124 e. The van der Waals surface area contributed by atoms with Crippen LogP contribution in [0.15, 0.2) is 43.5 Å². The van der Waals surface area contributed by atoms with Gasteiger partial charge in [-0.1, -0.05) is 25.3 Å². The predicted octanol–water partition coefficient (Wildman–Crippen LogP) is 3.56. The molecule has 0 aliphatic carbocycles. The molecule has 1 rings (SSSR count). The van der Waals surface area contributed by atoms with Gasteiger partial charge in [0, 0.05) is 5.56 Å². The van der Waals surface area contributed by atoms with Crippen LogP contribution in [-0.2, 0) is 5.88 Å². The molecule has 0 heterocycles.